The maximum Gasteiger partial charge on any atom is 0.170 e. The molecule has 4 nitrogen and oxygen atoms in total. The average molecular weight is 416 g/mol. The minimum absolute atomic E-state index is 0.129. The van der Waals surface area contributed by atoms with Crippen molar-refractivity contribution in [1.82, 2.24) is 10.3 Å². The maximum atomic E-state index is 5.55. The quantitative estimate of drug-likeness (QED) is 0.359. The van der Waals surface area contributed by atoms with Crippen LogP contribution < -0.4 is 15.4 Å². The molecule has 4 rings (SSSR count). The summed E-state index contributed by atoms with van der Waals surface area (Å²) in [4.78, 5) is 3.39. The second-order valence-corrected chi connectivity index (χ2v) is 7.72. The lowest BCUT2D eigenvalue weighted by atomic mass is 9.91. The van der Waals surface area contributed by atoms with Crippen LogP contribution in [0.5, 0.6) is 5.75 Å². The van der Waals surface area contributed by atoms with Gasteiger partial charge in [0.1, 0.15) is 5.75 Å². The molecule has 30 heavy (non-hydrogen) atoms. The Kier molecular flexibility index (Phi) is 6.00. The summed E-state index contributed by atoms with van der Waals surface area (Å²) in [7, 11) is 1.68. The molecule has 0 spiro atoms. The standard InChI is InChI=1S/C25H25N3OS/c1-17-7-11-19(12-8-17)28-25(30)27-15-22(18-9-13-20(29-2)14-10-18)23-16-26-24-6-4-3-5-21(23)24/h3-14,16,22,26H,15H2,1-2H3,(H2,27,28,30)/t22-/m0/s1. The Balaban J connectivity index is 1.57. The van der Waals surface area contributed by atoms with Crippen molar-refractivity contribution < 1.29 is 4.74 Å². The Bertz CT molecular complexity index is 1130. The number of thiocarbonyl (C=S) groups is 1. The van der Waals surface area contributed by atoms with Gasteiger partial charge in [0.05, 0.1) is 7.11 Å². The molecule has 3 N–H and O–H groups in total. The number of hydrogen-bond donors (Lipinski definition) is 3. The summed E-state index contributed by atoms with van der Waals surface area (Å²) < 4.78 is 5.33. The summed E-state index contributed by atoms with van der Waals surface area (Å²) >= 11 is 5.55. The first-order valence-corrected chi connectivity index (χ1v) is 10.4. The Labute approximate surface area is 182 Å². The van der Waals surface area contributed by atoms with E-state index in [1.807, 2.05) is 30.3 Å². The van der Waals surface area contributed by atoms with Gasteiger partial charge < -0.3 is 20.4 Å². The number of fused-ring (bicyclic) bond motifs is 1. The third-order valence-corrected chi connectivity index (χ3v) is 5.54. The lowest BCUT2D eigenvalue weighted by Crippen LogP contribution is -2.32. The Morgan fingerprint density at radius 3 is 2.47 bits per heavy atom. The highest BCUT2D eigenvalue weighted by molar-refractivity contribution is 7.80. The first-order valence-electron chi connectivity index (χ1n) is 9.95. The van der Waals surface area contributed by atoms with Crippen LogP contribution in [0.15, 0.2) is 79.0 Å². The summed E-state index contributed by atoms with van der Waals surface area (Å²) in [6.45, 7) is 2.74. The van der Waals surface area contributed by atoms with Crippen molar-refractivity contribution in [3.63, 3.8) is 0 Å². The Morgan fingerprint density at radius 2 is 1.73 bits per heavy atom. The number of benzene rings is 3. The topological polar surface area (TPSA) is 49.1 Å². The molecular weight excluding hydrogens is 390 g/mol. The van der Waals surface area contributed by atoms with Gasteiger partial charge in [0, 0.05) is 35.2 Å². The van der Waals surface area contributed by atoms with Crippen LogP contribution in [0, 0.1) is 6.92 Å². The zero-order chi connectivity index (χ0) is 20.9. The second-order valence-electron chi connectivity index (χ2n) is 7.32. The van der Waals surface area contributed by atoms with Gasteiger partial charge in [-0.25, -0.2) is 0 Å². The molecule has 1 heterocycles. The van der Waals surface area contributed by atoms with Gasteiger partial charge in [-0.15, -0.1) is 0 Å². The number of H-pyrrole nitrogens is 1. The highest BCUT2D eigenvalue weighted by Gasteiger charge is 2.18. The minimum atomic E-state index is 0.129. The van der Waals surface area contributed by atoms with Crippen LogP contribution in [0.1, 0.15) is 22.6 Å². The number of hydrogen-bond acceptors (Lipinski definition) is 2. The molecule has 0 aliphatic heterocycles. The fourth-order valence-corrected chi connectivity index (χ4v) is 3.83. The van der Waals surface area contributed by atoms with Crippen molar-refractivity contribution in [3.8, 4) is 5.75 Å². The van der Waals surface area contributed by atoms with Crippen molar-refractivity contribution in [2.24, 2.45) is 0 Å². The van der Waals surface area contributed by atoms with E-state index in [-0.39, 0.29) is 5.92 Å². The largest absolute Gasteiger partial charge is 0.497 e. The summed E-state index contributed by atoms with van der Waals surface area (Å²) in [5.74, 6) is 0.978. The number of aromatic amines is 1. The monoisotopic (exact) mass is 415 g/mol. The number of rotatable bonds is 6. The molecule has 1 aromatic heterocycles. The molecule has 0 fully saturated rings. The number of nitrogens with one attached hydrogen (secondary N) is 3. The molecule has 0 aliphatic rings. The van der Waals surface area contributed by atoms with E-state index in [1.165, 1.54) is 22.1 Å². The smallest absolute Gasteiger partial charge is 0.170 e. The van der Waals surface area contributed by atoms with E-state index in [0.29, 0.717) is 11.7 Å². The molecule has 0 saturated carbocycles. The fraction of sp³-hybridized carbons (Fsp3) is 0.160. The lowest BCUT2D eigenvalue weighted by molar-refractivity contribution is 0.414. The number of anilines is 1. The van der Waals surface area contributed by atoms with Crippen molar-refractivity contribution in [1.29, 1.82) is 0 Å². The molecule has 0 amide bonds. The van der Waals surface area contributed by atoms with Gasteiger partial charge in [0.2, 0.25) is 0 Å². The van der Waals surface area contributed by atoms with Crippen molar-refractivity contribution in [3.05, 3.63) is 95.7 Å². The van der Waals surface area contributed by atoms with Crippen LogP contribution >= 0.6 is 12.2 Å². The van der Waals surface area contributed by atoms with Gasteiger partial charge in [-0.1, -0.05) is 48.0 Å². The molecule has 0 saturated heterocycles. The normalized spacial score (nSPS) is 11.8. The van der Waals surface area contributed by atoms with Crippen LogP contribution in [0.3, 0.4) is 0 Å². The third-order valence-electron chi connectivity index (χ3n) is 5.29. The van der Waals surface area contributed by atoms with Crippen molar-refractivity contribution in [2.75, 3.05) is 19.0 Å². The highest BCUT2D eigenvalue weighted by atomic mass is 32.1. The summed E-state index contributed by atoms with van der Waals surface area (Å²) in [6.07, 6.45) is 2.09. The Hall–Kier alpha value is -3.31. The van der Waals surface area contributed by atoms with Crippen LogP contribution in [-0.4, -0.2) is 23.8 Å². The van der Waals surface area contributed by atoms with Gasteiger partial charge in [-0.05, 0) is 60.6 Å². The number of aromatic nitrogens is 1. The zero-order valence-electron chi connectivity index (χ0n) is 17.1. The molecule has 0 radical (unpaired) electrons. The predicted octanol–water partition coefficient (Wildman–Crippen LogP) is 5.60. The van der Waals surface area contributed by atoms with E-state index >= 15 is 0 Å². The summed E-state index contributed by atoms with van der Waals surface area (Å²) in [5.41, 5.74) is 5.77. The number of ether oxygens (including phenoxy) is 1. The highest BCUT2D eigenvalue weighted by Crippen LogP contribution is 2.31. The zero-order valence-corrected chi connectivity index (χ0v) is 17.9. The first-order chi connectivity index (χ1) is 14.6. The van der Waals surface area contributed by atoms with Gasteiger partial charge in [-0.3, -0.25) is 0 Å². The van der Waals surface area contributed by atoms with E-state index in [1.54, 1.807) is 7.11 Å². The first kappa shape index (κ1) is 20.0. The molecule has 4 aromatic rings. The second kappa shape index (κ2) is 9.01. The molecule has 152 valence electrons. The average Bonchev–Trinajstić information content (AvgIpc) is 3.20. The number of para-hydroxylation sites is 1. The van der Waals surface area contributed by atoms with Crippen LogP contribution in [-0.2, 0) is 0 Å². The third kappa shape index (κ3) is 4.47. The molecule has 3 aromatic carbocycles. The van der Waals surface area contributed by atoms with Crippen LogP contribution in [0.4, 0.5) is 5.69 Å². The SMILES string of the molecule is COc1ccc([C@H](CNC(=S)Nc2ccc(C)cc2)c2c[nH]c3ccccc23)cc1. The molecule has 0 bridgehead atoms. The van der Waals surface area contributed by atoms with Crippen LogP contribution in [0.2, 0.25) is 0 Å². The molecule has 0 unspecified atom stereocenters. The maximum absolute atomic E-state index is 5.55. The molecule has 0 aliphatic carbocycles. The van der Waals surface area contributed by atoms with E-state index in [2.05, 4.69) is 71.2 Å². The summed E-state index contributed by atoms with van der Waals surface area (Å²) in [5, 5.41) is 8.50. The number of methoxy groups -OCH3 is 1. The van der Waals surface area contributed by atoms with Crippen molar-refractivity contribution in [2.45, 2.75) is 12.8 Å². The van der Waals surface area contributed by atoms with Crippen molar-refractivity contribution >= 4 is 33.9 Å². The van der Waals surface area contributed by atoms with Gasteiger partial charge in [-0.2, -0.15) is 0 Å². The van der Waals surface area contributed by atoms with Gasteiger partial charge >= 0.3 is 0 Å². The number of aryl methyl sites for hydroxylation is 1. The van der Waals surface area contributed by atoms with Crippen LogP contribution in [0.25, 0.3) is 10.9 Å². The molecular formula is C25H25N3OS. The molecule has 5 heteroatoms. The predicted molar refractivity (Wildman–Crippen MR) is 129 cm³/mol. The Morgan fingerprint density at radius 1 is 1.00 bits per heavy atom. The van der Waals surface area contributed by atoms with E-state index in [9.17, 15) is 0 Å². The van der Waals surface area contributed by atoms with E-state index in [0.717, 1.165) is 17.0 Å². The lowest BCUT2D eigenvalue weighted by Gasteiger charge is -2.20. The van der Waals surface area contributed by atoms with E-state index in [4.69, 9.17) is 17.0 Å². The minimum Gasteiger partial charge on any atom is -0.497 e. The van der Waals surface area contributed by atoms with E-state index < -0.39 is 0 Å². The molecule has 1 atom stereocenters. The van der Waals surface area contributed by atoms with Gasteiger partial charge in [0.25, 0.3) is 0 Å². The fourth-order valence-electron chi connectivity index (χ4n) is 3.63. The van der Waals surface area contributed by atoms with Gasteiger partial charge in [0.15, 0.2) is 5.11 Å². The summed E-state index contributed by atoms with van der Waals surface area (Å²) in [6, 6.07) is 24.8.